The number of non-ortho nitro benzene ring substituents is 1. The molecule has 1 aliphatic rings. The van der Waals surface area contributed by atoms with Gasteiger partial charge < -0.3 is 10.6 Å². The molecule has 7 heteroatoms. The normalized spacial score (nSPS) is 15.9. The summed E-state index contributed by atoms with van der Waals surface area (Å²) in [5.41, 5.74) is 0.642. The Bertz CT molecular complexity index is 545. The van der Waals surface area contributed by atoms with E-state index in [1.165, 1.54) is 24.3 Å². The molecule has 1 aromatic carbocycles. The van der Waals surface area contributed by atoms with Gasteiger partial charge >= 0.3 is 0 Å². The Balaban J connectivity index is 2.12. The molecule has 2 N–H and O–H groups in total. The summed E-state index contributed by atoms with van der Waals surface area (Å²) in [6.45, 7) is 3.45. The maximum atomic E-state index is 11.7. The zero-order valence-corrected chi connectivity index (χ0v) is 9.88. The molecule has 19 heavy (non-hydrogen) atoms. The van der Waals surface area contributed by atoms with Gasteiger partial charge in [0.05, 0.1) is 4.92 Å². The first-order valence-electron chi connectivity index (χ1n) is 5.51. The minimum absolute atomic E-state index is 0.0327. The van der Waals surface area contributed by atoms with E-state index in [-0.39, 0.29) is 17.9 Å². The average Bonchev–Trinajstić information content (AvgIpc) is 2.34. The Hall–Kier alpha value is -2.70. The van der Waals surface area contributed by atoms with Crippen LogP contribution in [0, 0.1) is 16.0 Å². The second-order valence-corrected chi connectivity index (χ2v) is 4.14. The minimum Gasteiger partial charge on any atom is -0.312 e. The SMILES string of the molecule is C=C1NC(=O)C(Cc2ccc([N+](=O)[O-])cc2)C(=O)N1. The number of nitro groups is 1. The lowest BCUT2D eigenvalue weighted by atomic mass is 9.96. The third kappa shape index (κ3) is 2.76. The lowest BCUT2D eigenvalue weighted by Gasteiger charge is -2.23. The summed E-state index contributed by atoms with van der Waals surface area (Å²) in [6, 6.07) is 5.74. The summed E-state index contributed by atoms with van der Waals surface area (Å²) in [7, 11) is 0. The van der Waals surface area contributed by atoms with Crippen LogP contribution >= 0.6 is 0 Å². The van der Waals surface area contributed by atoms with E-state index in [2.05, 4.69) is 17.2 Å². The summed E-state index contributed by atoms with van der Waals surface area (Å²) in [5, 5.41) is 15.4. The third-order valence-corrected chi connectivity index (χ3v) is 2.77. The van der Waals surface area contributed by atoms with Crippen molar-refractivity contribution < 1.29 is 14.5 Å². The highest BCUT2D eigenvalue weighted by molar-refractivity contribution is 6.04. The quantitative estimate of drug-likeness (QED) is 0.469. The molecule has 0 atom stereocenters. The fourth-order valence-corrected chi connectivity index (χ4v) is 1.80. The van der Waals surface area contributed by atoms with Gasteiger partial charge in [-0.2, -0.15) is 0 Å². The zero-order chi connectivity index (χ0) is 14.0. The number of carbonyl (C=O) groups is 2. The van der Waals surface area contributed by atoms with Crippen LogP contribution in [0.4, 0.5) is 5.69 Å². The van der Waals surface area contributed by atoms with Crippen molar-refractivity contribution in [2.75, 3.05) is 0 Å². The highest BCUT2D eigenvalue weighted by Crippen LogP contribution is 2.17. The highest BCUT2D eigenvalue weighted by atomic mass is 16.6. The Morgan fingerprint density at radius 2 is 1.68 bits per heavy atom. The lowest BCUT2D eigenvalue weighted by molar-refractivity contribution is -0.384. The van der Waals surface area contributed by atoms with Gasteiger partial charge in [-0.05, 0) is 12.0 Å². The molecule has 0 bridgehead atoms. The van der Waals surface area contributed by atoms with Crippen LogP contribution in [0.2, 0.25) is 0 Å². The van der Waals surface area contributed by atoms with Gasteiger partial charge in [-0.1, -0.05) is 18.7 Å². The number of hydrogen-bond acceptors (Lipinski definition) is 4. The van der Waals surface area contributed by atoms with Crippen LogP contribution < -0.4 is 10.6 Å². The number of nitro benzene ring substituents is 1. The van der Waals surface area contributed by atoms with Crippen molar-refractivity contribution in [2.24, 2.45) is 5.92 Å². The minimum atomic E-state index is -0.855. The second-order valence-electron chi connectivity index (χ2n) is 4.14. The van der Waals surface area contributed by atoms with E-state index in [1.807, 2.05) is 0 Å². The zero-order valence-electron chi connectivity index (χ0n) is 9.88. The van der Waals surface area contributed by atoms with Gasteiger partial charge in [-0.3, -0.25) is 19.7 Å². The molecule has 0 unspecified atom stereocenters. The van der Waals surface area contributed by atoms with Crippen molar-refractivity contribution >= 4 is 17.5 Å². The van der Waals surface area contributed by atoms with E-state index in [1.54, 1.807) is 0 Å². The van der Waals surface area contributed by atoms with Crippen LogP contribution in [0.5, 0.6) is 0 Å². The van der Waals surface area contributed by atoms with Gasteiger partial charge in [0.2, 0.25) is 11.8 Å². The number of carbonyl (C=O) groups excluding carboxylic acids is 2. The first-order chi connectivity index (χ1) is 8.97. The Morgan fingerprint density at radius 1 is 1.16 bits per heavy atom. The standard InChI is InChI=1S/C12H11N3O4/c1-7-13-11(16)10(12(17)14-7)6-8-2-4-9(5-3-8)15(18)19/h2-5,10H,1,6H2,(H,13,16)(H,14,17). The molecule has 1 heterocycles. The molecule has 0 radical (unpaired) electrons. The van der Waals surface area contributed by atoms with E-state index >= 15 is 0 Å². The van der Waals surface area contributed by atoms with Crippen molar-refractivity contribution in [1.29, 1.82) is 0 Å². The van der Waals surface area contributed by atoms with Crippen molar-refractivity contribution in [3.8, 4) is 0 Å². The molecule has 2 amide bonds. The predicted octanol–water partition coefficient (Wildman–Crippen LogP) is 0.471. The first kappa shape index (κ1) is 12.7. The number of amides is 2. The van der Waals surface area contributed by atoms with E-state index in [0.717, 1.165) is 0 Å². The number of hydrogen-bond donors (Lipinski definition) is 2. The van der Waals surface area contributed by atoms with Crippen LogP contribution in [0.3, 0.4) is 0 Å². The summed E-state index contributed by atoms with van der Waals surface area (Å²) >= 11 is 0. The highest BCUT2D eigenvalue weighted by Gasteiger charge is 2.31. The second kappa shape index (κ2) is 4.89. The first-order valence-corrected chi connectivity index (χ1v) is 5.51. The smallest absolute Gasteiger partial charge is 0.269 e. The fourth-order valence-electron chi connectivity index (χ4n) is 1.80. The largest absolute Gasteiger partial charge is 0.312 e. The maximum Gasteiger partial charge on any atom is 0.269 e. The van der Waals surface area contributed by atoms with Crippen LogP contribution in [0.1, 0.15) is 5.56 Å². The average molecular weight is 261 g/mol. The summed E-state index contributed by atoms with van der Waals surface area (Å²) in [5.74, 6) is -1.54. The van der Waals surface area contributed by atoms with Crippen LogP contribution in [0.25, 0.3) is 0 Å². The van der Waals surface area contributed by atoms with E-state index < -0.39 is 22.7 Å². The molecule has 1 fully saturated rings. The molecule has 7 nitrogen and oxygen atoms in total. The van der Waals surface area contributed by atoms with Gasteiger partial charge in [0, 0.05) is 12.1 Å². The molecular formula is C12H11N3O4. The number of benzene rings is 1. The van der Waals surface area contributed by atoms with Gasteiger partial charge in [0.1, 0.15) is 11.7 Å². The molecule has 1 saturated heterocycles. The molecule has 0 saturated carbocycles. The Labute approximate surface area is 108 Å². The van der Waals surface area contributed by atoms with Crippen molar-refractivity contribution in [3.63, 3.8) is 0 Å². The number of nitrogens with zero attached hydrogens (tertiary/aromatic N) is 1. The Kier molecular flexibility index (Phi) is 3.28. The predicted molar refractivity (Wildman–Crippen MR) is 65.7 cm³/mol. The van der Waals surface area contributed by atoms with Crippen LogP contribution in [0.15, 0.2) is 36.7 Å². The molecule has 0 spiro atoms. The van der Waals surface area contributed by atoms with Crippen LogP contribution in [-0.2, 0) is 16.0 Å². The maximum absolute atomic E-state index is 11.7. The Morgan fingerprint density at radius 3 is 2.16 bits per heavy atom. The molecule has 2 rings (SSSR count). The molecule has 0 aliphatic carbocycles. The van der Waals surface area contributed by atoms with Crippen molar-refractivity contribution in [2.45, 2.75) is 6.42 Å². The van der Waals surface area contributed by atoms with Gasteiger partial charge in [-0.15, -0.1) is 0 Å². The fraction of sp³-hybridized carbons (Fsp3) is 0.167. The third-order valence-electron chi connectivity index (χ3n) is 2.77. The number of rotatable bonds is 3. The monoisotopic (exact) mass is 261 g/mol. The van der Waals surface area contributed by atoms with Gasteiger partial charge in [-0.25, -0.2) is 0 Å². The molecule has 1 aliphatic heterocycles. The van der Waals surface area contributed by atoms with E-state index in [4.69, 9.17) is 0 Å². The van der Waals surface area contributed by atoms with E-state index in [0.29, 0.717) is 5.56 Å². The van der Waals surface area contributed by atoms with Crippen molar-refractivity contribution in [1.82, 2.24) is 10.6 Å². The topological polar surface area (TPSA) is 101 Å². The molecular weight excluding hydrogens is 250 g/mol. The molecule has 0 aromatic heterocycles. The van der Waals surface area contributed by atoms with Crippen molar-refractivity contribution in [3.05, 3.63) is 52.3 Å². The lowest BCUT2D eigenvalue weighted by Crippen LogP contribution is -2.50. The van der Waals surface area contributed by atoms with Gasteiger partial charge in [0.15, 0.2) is 0 Å². The molecule has 98 valence electrons. The van der Waals surface area contributed by atoms with Gasteiger partial charge in [0.25, 0.3) is 5.69 Å². The van der Waals surface area contributed by atoms with E-state index in [9.17, 15) is 19.7 Å². The van der Waals surface area contributed by atoms with Crippen LogP contribution in [-0.4, -0.2) is 16.7 Å². The molecule has 1 aromatic rings. The number of nitrogens with one attached hydrogen (secondary N) is 2. The summed E-state index contributed by atoms with van der Waals surface area (Å²) < 4.78 is 0. The summed E-state index contributed by atoms with van der Waals surface area (Å²) in [4.78, 5) is 33.3. The summed E-state index contributed by atoms with van der Waals surface area (Å²) in [6.07, 6.45) is 0.183.